The maximum atomic E-state index is 12.8. The average molecular weight is 426 g/mol. The van der Waals surface area contributed by atoms with Crippen LogP contribution in [0.3, 0.4) is 0 Å². The normalized spacial score (nSPS) is 11.1. The first-order chi connectivity index (χ1) is 13.3. The van der Waals surface area contributed by atoms with Crippen molar-refractivity contribution in [2.45, 2.75) is 32.1 Å². The first-order valence-electron chi connectivity index (χ1n) is 9.06. The largest absolute Gasteiger partial charge is 0.490 e. The second-order valence-electron chi connectivity index (χ2n) is 5.92. The minimum Gasteiger partial charge on any atom is -0.490 e. The van der Waals surface area contributed by atoms with Gasteiger partial charge in [-0.05, 0) is 37.6 Å². The molecule has 28 heavy (non-hydrogen) atoms. The monoisotopic (exact) mass is 425 g/mol. The SMILES string of the molecule is CCCOc1c(Cl)cc(C(=O)Nc2ccccc2S(=O)(=O)CC)cc1OCC. The summed E-state index contributed by atoms with van der Waals surface area (Å²) in [6.45, 7) is 6.18. The van der Waals surface area contributed by atoms with E-state index in [0.717, 1.165) is 6.42 Å². The smallest absolute Gasteiger partial charge is 0.255 e. The van der Waals surface area contributed by atoms with E-state index in [9.17, 15) is 13.2 Å². The van der Waals surface area contributed by atoms with Crippen LogP contribution in [-0.4, -0.2) is 33.3 Å². The number of carbonyl (C=O) groups is 1. The molecule has 1 N–H and O–H groups in total. The minimum atomic E-state index is -3.48. The summed E-state index contributed by atoms with van der Waals surface area (Å²) >= 11 is 6.30. The lowest BCUT2D eigenvalue weighted by atomic mass is 10.1. The van der Waals surface area contributed by atoms with Crippen molar-refractivity contribution in [3.63, 3.8) is 0 Å². The molecule has 2 rings (SSSR count). The predicted molar refractivity (Wildman–Crippen MR) is 111 cm³/mol. The van der Waals surface area contributed by atoms with Gasteiger partial charge in [-0.15, -0.1) is 0 Å². The second-order valence-corrected chi connectivity index (χ2v) is 8.57. The number of sulfone groups is 1. The summed E-state index contributed by atoms with van der Waals surface area (Å²) < 4.78 is 35.7. The van der Waals surface area contributed by atoms with E-state index in [1.54, 1.807) is 25.1 Å². The Hall–Kier alpha value is -2.25. The molecule has 0 aromatic heterocycles. The van der Waals surface area contributed by atoms with Crippen molar-refractivity contribution in [2.24, 2.45) is 0 Å². The third-order valence-corrected chi connectivity index (χ3v) is 5.94. The van der Waals surface area contributed by atoms with Gasteiger partial charge in [0, 0.05) is 5.56 Å². The molecule has 0 unspecified atom stereocenters. The zero-order valence-corrected chi connectivity index (χ0v) is 17.7. The van der Waals surface area contributed by atoms with Gasteiger partial charge in [0.1, 0.15) is 0 Å². The predicted octanol–water partition coefficient (Wildman–Crippen LogP) is 4.57. The number of halogens is 1. The number of nitrogens with one attached hydrogen (secondary N) is 1. The number of rotatable bonds is 9. The number of ether oxygens (including phenoxy) is 2. The zero-order valence-electron chi connectivity index (χ0n) is 16.1. The molecule has 2 aromatic rings. The third kappa shape index (κ3) is 5.17. The lowest BCUT2D eigenvalue weighted by Gasteiger charge is -2.15. The van der Waals surface area contributed by atoms with Gasteiger partial charge in [-0.25, -0.2) is 8.42 Å². The Morgan fingerprint density at radius 1 is 1.11 bits per heavy atom. The average Bonchev–Trinajstić information content (AvgIpc) is 2.67. The summed E-state index contributed by atoms with van der Waals surface area (Å²) in [4.78, 5) is 12.8. The molecule has 0 aliphatic carbocycles. The number of para-hydroxylation sites is 1. The number of benzene rings is 2. The summed E-state index contributed by atoms with van der Waals surface area (Å²) in [7, 11) is -3.48. The highest BCUT2D eigenvalue weighted by Gasteiger charge is 2.20. The topological polar surface area (TPSA) is 81.7 Å². The number of anilines is 1. The lowest BCUT2D eigenvalue weighted by Crippen LogP contribution is -2.16. The highest BCUT2D eigenvalue weighted by atomic mass is 35.5. The number of hydrogen-bond donors (Lipinski definition) is 1. The van der Waals surface area contributed by atoms with Crippen LogP contribution in [-0.2, 0) is 9.84 Å². The molecule has 0 aliphatic rings. The molecule has 0 saturated heterocycles. The number of carbonyl (C=O) groups excluding carboxylic acids is 1. The van der Waals surface area contributed by atoms with E-state index in [4.69, 9.17) is 21.1 Å². The zero-order chi connectivity index (χ0) is 20.7. The van der Waals surface area contributed by atoms with Crippen LogP contribution >= 0.6 is 11.6 Å². The van der Waals surface area contributed by atoms with Crippen molar-refractivity contribution in [3.05, 3.63) is 47.0 Å². The molecule has 0 aliphatic heterocycles. The van der Waals surface area contributed by atoms with Crippen LogP contribution in [0.1, 0.15) is 37.6 Å². The van der Waals surface area contributed by atoms with Crippen LogP contribution in [0.5, 0.6) is 11.5 Å². The molecule has 0 bridgehead atoms. The third-order valence-electron chi connectivity index (χ3n) is 3.87. The highest BCUT2D eigenvalue weighted by Crippen LogP contribution is 2.37. The van der Waals surface area contributed by atoms with Gasteiger partial charge in [0.05, 0.1) is 34.6 Å². The van der Waals surface area contributed by atoms with Crippen LogP contribution in [0.2, 0.25) is 5.02 Å². The first-order valence-corrected chi connectivity index (χ1v) is 11.1. The van der Waals surface area contributed by atoms with Gasteiger partial charge in [-0.1, -0.05) is 37.6 Å². The highest BCUT2D eigenvalue weighted by molar-refractivity contribution is 7.91. The molecule has 0 saturated carbocycles. The molecule has 0 spiro atoms. The molecular formula is C20H24ClNO5S. The van der Waals surface area contributed by atoms with Crippen molar-refractivity contribution in [1.82, 2.24) is 0 Å². The molecule has 8 heteroatoms. The van der Waals surface area contributed by atoms with E-state index in [1.807, 2.05) is 13.8 Å². The molecule has 0 heterocycles. The van der Waals surface area contributed by atoms with Crippen LogP contribution in [0, 0.1) is 0 Å². The Kier molecular flexibility index (Phi) is 7.71. The van der Waals surface area contributed by atoms with Gasteiger partial charge in [0.15, 0.2) is 21.3 Å². The molecule has 0 radical (unpaired) electrons. The Balaban J connectivity index is 2.38. The Morgan fingerprint density at radius 3 is 2.46 bits per heavy atom. The minimum absolute atomic E-state index is 0.0658. The van der Waals surface area contributed by atoms with E-state index in [2.05, 4.69) is 5.32 Å². The van der Waals surface area contributed by atoms with Crippen molar-refractivity contribution < 1.29 is 22.7 Å². The summed E-state index contributed by atoms with van der Waals surface area (Å²) in [5.74, 6) is 0.187. The fourth-order valence-electron chi connectivity index (χ4n) is 2.50. The molecule has 152 valence electrons. The second kappa shape index (κ2) is 9.80. The van der Waals surface area contributed by atoms with Gasteiger partial charge in [-0.2, -0.15) is 0 Å². The molecule has 0 atom stereocenters. The van der Waals surface area contributed by atoms with Crippen LogP contribution < -0.4 is 14.8 Å². The fraction of sp³-hybridized carbons (Fsp3) is 0.350. The maximum Gasteiger partial charge on any atom is 0.255 e. The Bertz CT molecular complexity index is 944. The van der Waals surface area contributed by atoms with Crippen molar-refractivity contribution in [2.75, 3.05) is 24.3 Å². The van der Waals surface area contributed by atoms with E-state index in [0.29, 0.717) is 24.7 Å². The summed E-state index contributed by atoms with van der Waals surface area (Å²) in [5.41, 5.74) is 0.454. The maximum absolute atomic E-state index is 12.8. The van der Waals surface area contributed by atoms with E-state index >= 15 is 0 Å². The quantitative estimate of drug-likeness (QED) is 0.636. The Labute approximate surface area is 170 Å². The fourth-order valence-corrected chi connectivity index (χ4v) is 3.81. The van der Waals surface area contributed by atoms with E-state index in [-0.39, 0.29) is 26.9 Å². The number of amides is 1. The Morgan fingerprint density at radius 2 is 1.82 bits per heavy atom. The summed E-state index contributed by atoms with van der Waals surface area (Å²) in [6, 6.07) is 9.29. The van der Waals surface area contributed by atoms with E-state index in [1.165, 1.54) is 18.2 Å². The van der Waals surface area contributed by atoms with E-state index < -0.39 is 15.7 Å². The van der Waals surface area contributed by atoms with Gasteiger partial charge in [-0.3, -0.25) is 4.79 Å². The molecule has 6 nitrogen and oxygen atoms in total. The van der Waals surface area contributed by atoms with Crippen molar-refractivity contribution in [1.29, 1.82) is 0 Å². The van der Waals surface area contributed by atoms with Crippen molar-refractivity contribution >= 4 is 33.0 Å². The van der Waals surface area contributed by atoms with Crippen molar-refractivity contribution in [3.8, 4) is 11.5 Å². The molecular weight excluding hydrogens is 402 g/mol. The van der Waals surface area contributed by atoms with Gasteiger partial charge in [0.25, 0.3) is 5.91 Å². The molecule has 0 fully saturated rings. The standard InChI is InChI=1S/C20H24ClNO5S/c1-4-11-27-19-15(21)12-14(13-17(19)26-5-2)20(23)22-16-9-7-8-10-18(16)28(24,25)6-3/h7-10,12-13H,4-6,11H2,1-3H3,(H,22,23). The van der Waals surface area contributed by atoms with Gasteiger partial charge in [0.2, 0.25) is 0 Å². The first kappa shape index (κ1) is 22.0. The molecule has 1 amide bonds. The summed E-state index contributed by atoms with van der Waals surface area (Å²) in [5, 5.41) is 2.90. The van der Waals surface area contributed by atoms with Gasteiger partial charge < -0.3 is 14.8 Å². The lowest BCUT2D eigenvalue weighted by molar-refractivity contribution is 0.102. The summed E-state index contributed by atoms with van der Waals surface area (Å²) in [6.07, 6.45) is 0.798. The van der Waals surface area contributed by atoms with Crippen LogP contribution in [0.4, 0.5) is 5.69 Å². The molecule has 2 aromatic carbocycles. The van der Waals surface area contributed by atoms with Crippen LogP contribution in [0.15, 0.2) is 41.3 Å². The van der Waals surface area contributed by atoms with Gasteiger partial charge >= 0.3 is 0 Å². The number of hydrogen-bond acceptors (Lipinski definition) is 5. The van der Waals surface area contributed by atoms with Crippen LogP contribution in [0.25, 0.3) is 0 Å².